The SMILES string of the molecule is CC(C)(C)C(CS)COc1ccc(Cl)cc1. The van der Waals surface area contributed by atoms with Crippen LogP contribution < -0.4 is 4.74 Å². The van der Waals surface area contributed by atoms with Gasteiger partial charge in [-0.15, -0.1) is 0 Å². The number of hydrogen-bond acceptors (Lipinski definition) is 2. The van der Waals surface area contributed by atoms with Crippen molar-refractivity contribution in [2.45, 2.75) is 20.8 Å². The molecule has 1 aromatic carbocycles. The molecule has 0 bridgehead atoms. The first-order valence-electron chi connectivity index (χ1n) is 5.42. The summed E-state index contributed by atoms with van der Waals surface area (Å²) in [6.07, 6.45) is 0. The Labute approximate surface area is 109 Å². The lowest BCUT2D eigenvalue weighted by Crippen LogP contribution is -2.28. The lowest BCUT2D eigenvalue weighted by molar-refractivity contribution is 0.165. The third kappa shape index (κ3) is 4.26. The molecule has 0 amide bonds. The summed E-state index contributed by atoms with van der Waals surface area (Å²) < 4.78 is 5.73. The van der Waals surface area contributed by atoms with Gasteiger partial charge >= 0.3 is 0 Å². The van der Waals surface area contributed by atoms with Crippen molar-refractivity contribution < 1.29 is 4.74 Å². The lowest BCUT2D eigenvalue weighted by Gasteiger charge is -2.29. The van der Waals surface area contributed by atoms with Crippen molar-refractivity contribution in [3.63, 3.8) is 0 Å². The van der Waals surface area contributed by atoms with E-state index in [1.54, 1.807) is 0 Å². The van der Waals surface area contributed by atoms with Crippen molar-refractivity contribution >= 4 is 24.2 Å². The maximum Gasteiger partial charge on any atom is 0.119 e. The second kappa shape index (κ2) is 5.83. The predicted molar refractivity (Wildman–Crippen MR) is 73.7 cm³/mol. The van der Waals surface area contributed by atoms with E-state index in [4.69, 9.17) is 16.3 Å². The maximum atomic E-state index is 5.81. The molecule has 0 aliphatic carbocycles. The third-order valence-electron chi connectivity index (χ3n) is 2.71. The Morgan fingerprint density at radius 3 is 2.25 bits per heavy atom. The molecule has 0 aromatic heterocycles. The van der Waals surface area contributed by atoms with Crippen molar-refractivity contribution in [1.29, 1.82) is 0 Å². The summed E-state index contributed by atoms with van der Waals surface area (Å²) in [4.78, 5) is 0. The highest BCUT2D eigenvalue weighted by molar-refractivity contribution is 7.80. The number of rotatable bonds is 4. The predicted octanol–water partition coefficient (Wildman–Crippen LogP) is 4.31. The van der Waals surface area contributed by atoms with Gasteiger partial charge in [0.1, 0.15) is 5.75 Å². The molecule has 0 spiro atoms. The Kier molecular flexibility index (Phi) is 5.00. The summed E-state index contributed by atoms with van der Waals surface area (Å²) in [6, 6.07) is 7.45. The van der Waals surface area contributed by atoms with Crippen LogP contribution in [0.3, 0.4) is 0 Å². The van der Waals surface area contributed by atoms with E-state index in [9.17, 15) is 0 Å². The fraction of sp³-hybridized carbons (Fsp3) is 0.538. The molecule has 1 unspecified atom stereocenters. The molecule has 3 heteroatoms. The smallest absolute Gasteiger partial charge is 0.119 e. The molecule has 16 heavy (non-hydrogen) atoms. The molecule has 1 atom stereocenters. The van der Waals surface area contributed by atoms with E-state index in [1.807, 2.05) is 24.3 Å². The van der Waals surface area contributed by atoms with Crippen LogP contribution in [0.15, 0.2) is 24.3 Å². The molecule has 0 N–H and O–H groups in total. The molecule has 0 saturated carbocycles. The first kappa shape index (κ1) is 13.7. The van der Waals surface area contributed by atoms with Crippen LogP contribution in [0.25, 0.3) is 0 Å². The van der Waals surface area contributed by atoms with E-state index in [1.165, 1.54) is 0 Å². The average molecular weight is 259 g/mol. The van der Waals surface area contributed by atoms with Gasteiger partial charge in [-0.25, -0.2) is 0 Å². The highest BCUT2D eigenvalue weighted by Crippen LogP contribution is 2.27. The van der Waals surface area contributed by atoms with Crippen molar-refractivity contribution in [3.05, 3.63) is 29.3 Å². The maximum absolute atomic E-state index is 5.81. The first-order chi connectivity index (χ1) is 7.43. The molecule has 0 heterocycles. The van der Waals surface area contributed by atoms with Gasteiger partial charge in [-0.3, -0.25) is 0 Å². The largest absolute Gasteiger partial charge is 0.493 e. The summed E-state index contributed by atoms with van der Waals surface area (Å²) in [5, 5.41) is 0.730. The van der Waals surface area contributed by atoms with E-state index in [2.05, 4.69) is 33.4 Å². The standard InChI is InChI=1S/C13H19ClOS/c1-13(2,3)10(9-16)8-15-12-6-4-11(14)5-7-12/h4-7,10,16H,8-9H2,1-3H3. The topological polar surface area (TPSA) is 9.23 Å². The van der Waals surface area contributed by atoms with Crippen LogP contribution >= 0.6 is 24.2 Å². The molecule has 0 radical (unpaired) electrons. The Bertz CT molecular complexity index is 316. The van der Waals surface area contributed by atoms with Gasteiger partial charge in [0.2, 0.25) is 0 Å². The fourth-order valence-electron chi connectivity index (χ4n) is 1.30. The van der Waals surface area contributed by atoms with Crippen LogP contribution in [-0.2, 0) is 0 Å². The van der Waals surface area contributed by atoms with Gasteiger partial charge in [0, 0.05) is 10.9 Å². The Hall–Kier alpha value is -0.340. The highest BCUT2D eigenvalue weighted by Gasteiger charge is 2.23. The molecule has 90 valence electrons. The van der Waals surface area contributed by atoms with Crippen molar-refractivity contribution in [2.24, 2.45) is 11.3 Å². The van der Waals surface area contributed by atoms with E-state index >= 15 is 0 Å². The number of hydrogen-bond donors (Lipinski definition) is 1. The van der Waals surface area contributed by atoms with Crippen molar-refractivity contribution in [1.82, 2.24) is 0 Å². The second-order valence-corrected chi connectivity index (χ2v) is 5.81. The third-order valence-corrected chi connectivity index (χ3v) is 3.40. The normalized spacial score (nSPS) is 13.6. The quantitative estimate of drug-likeness (QED) is 0.792. The van der Waals surface area contributed by atoms with Crippen molar-refractivity contribution in [3.8, 4) is 5.75 Å². The van der Waals surface area contributed by atoms with Gasteiger partial charge in [0.05, 0.1) is 6.61 Å². The van der Waals surface area contributed by atoms with E-state index in [0.717, 1.165) is 16.5 Å². The zero-order valence-corrected chi connectivity index (χ0v) is 11.7. The van der Waals surface area contributed by atoms with Gasteiger partial charge in [0.15, 0.2) is 0 Å². The molecule has 0 fully saturated rings. The highest BCUT2D eigenvalue weighted by atomic mass is 35.5. The molecule has 0 aliphatic heterocycles. The Balaban J connectivity index is 2.53. The van der Waals surface area contributed by atoms with Gasteiger partial charge in [0.25, 0.3) is 0 Å². The lowest BCUT2D eigenvalue weighted by atomic mass is 9.82. The van der Waals surface area contributed by atoms with Crippen LogP contribution in [0.4, 0.5) is 0 Å². The van der Waals surface area contributed by atoms with Crippen LogP contribution in [-0.4, -0.2) is 12.4 Å². The van der Waals surface area contributed by atoms with Crippen molar-refractivity contribution in [2.75, 3.05) is 12.4 Å². The fourth-order valence-corrected chi connectivity index (χ4v) is 2.08. The summed E-state index contributed by atoms with van der Waals surface area (Å²) >= 11 is 10.2. The monoisotopic (exact) mass is 258 g/mol. The molecule has 0 saturated heterocycles. The van der Waals surface area contributed by atoms with Crippen LogP contribution in [0.5, 0.6) is 5.75 Å². The minimum atomic E-state index is 0.216. The molecular weight excluding hydrogens is 240 g/mol. The number of benzene rings is 1. The number of ether oxygens (including phenoxy) is 1. The second-order valence-electron chi connectivity index (χ2n) is 5.01. The van der Waals surface area contributed by atoms with E-state index < -0.39 is 0 Å². The van der Waals surface area contributed by atoms with Crippen LogP contribution in [0, 0.1) is 11.3 Å². The zero-order valence-electron chi connectivity index (χ0n) is 10.0. The summed E-state index contributed by atoms with van der Waals surface area (Å²) in [5.74, 6) is 2.13. The van der Waals surface area contributed by atoms with E-state index in [-0.39, 0.29) is 5.41 Å². The Morgan fingerprint density at radius 2 is 1.81 bits per heavy atom. The van der Waals surface area contributed by atoms with Gasteiger partial charge in [-0.05, 0) is 35.4 Å². The van der Waals surface area contributed by atoms with Gasteiger partial charge in [-0.2, -0.15) is 12.6 Å². The first-order valence-corrected chi connectivity index (χ1v) is 6.43. The summed E-state index contributed by atoms with van der Waals surface area (Å²) in [6.45, 7) is 7.31. The molecular formula is C13H19ClOS. The minimum Gasteiger partial charge on any atom is -0.493 e. The molecule has 0 aliphatic rings. The molecule has 1 aromatic rings. The average Bonchev–Trinajstić information content (AvgIpc) is 2.19. The molecule has 1 nitrogen and oxygen atoms in total. The number of thiol groups is 1. The van der Waals surface area contributed by atoms with Gasteiger partial charge in [-0.1, -0.05) is 32.4 Å². The molecule has 1 rings (SSSR count). The minimum absolute atomic E-state index is 0.216. The summed E-state index contributed by atoms with van der Waals surface area (Å²) in [5.41, 5.74) is 0.216. The number of halogens is 1. The van der Waals surface area contributed by atoms with Gasteiger partial charge < -0.3 is 4.74 Å². The van der Waals surface area contributed by atoms with E-state index in [0.29, 0.717) is 12.5 Å². The Morgan fingerprint density at radius 1 is 1.25 bits per heavy atom. The van der Waals surface area contributed by atoms with Crippen LogP contribution in [0.1, 0.15) is 20.8 Å². The zero-order chi connectivity index (χ0) is 12.2. The van der Waals surface area contributed by atoms with Crippen LogP contribution in [0.2, 0.25) is 5.02 Å². The summed E-state index contributed by atoms with van der Waals surface area (Å²) in [7, 11) is 0.